The maximum absolute atomic E-state index is 12.0. The van der Waals surface area contributed by atoms with E-state index in [2.05, 4.69) is 0 Å². The lowest BCUT2D eigenvalue weighted by Crippen LogP contribution is -2.09. The third kappa shape index (κ3) is 3.34. The highest BCUT2D eigenvalue weighted by Crippen LogP contribution is 2.25. The smallest absolute Gasteiger partial charge is 0.272 e. The van der Waals surface area contributed by atoms with E-state index in [-0.39, 0.29) is 0 Å². The molecule has 0 aliphatic rings. The van der Waals surface area contributed by atoms with Crippen molar-refractivity contribution in [2.24, 2.45) is 0 Å². The average molecular weight is 235 g/mol. The Balaban J connectivity index is 2.88. The quantitative estimate of drug-likeness (QED) is 0.722. The second kappa shape index (κ2) is 5.31. The Bertz CT molecular complexity index is 316. The lowest BCUT2D eigenvalue weighted by Gasteiger charge is -2.12. The van der Waals surface area contributed by atoms with Crippen molar-refractivity contribution < 1.29 is 13.5 Å². The van der Waals surface area contributed by atoms with Gasteiger partial charge in [0.05, 0.1) is 0 Å². The zero-order valence-electron chi connectivity index (χ0n) is 8.69. The van der Waals surface area contributed by atoms with E-state index in [9.17, 15) is 8.78 Å². The molecule has 1 aromatic carbocycles. The Morgan fingerprint density at radius 2 is 1.80 bits per heavy atom. The summed E-state index contributed by atoms with van der Waals surface area (Å²) in [4.78, 5) is 0. The molecule has 1 nitrogen and oxygen atoms in total. The molecule has 0 aliphatic heterocycles. The summed E-state index contributed by atoms with van der Waals surface area (Å²) in [5, 5.41) is 0. The Morgan fingerprint density at radius 3 is 2.20 bits per heavy atom. The molecular formula is C11H13ClF2O. The number of rotatable bonds is 4. The van der Waals surface area contributed by atoms with Crippen LogP contribution in [0.4, 0.5) is 8.78 Å². The fraction of sp³-hybridized carbons (Fsp3) is 0.455. The minimum Gasteiger partial charge on any atom is -0.487 e. The molecule has 0 unspecified atom stereocenters. The van der Waals surface area contributed by atoms with Gasteiger partial charge in [-0.05, 0) is 30.5 Å². The van der Waals surface area contributed by atoms with Crippen LogP contribution in [0, 0.1) is 13.8 Å². The zero-order valence-corrected chi connectivity index (χ0v) is 9.44. The van der Waals surface area contributed by atoms with Crippen molar-refractivity contribution in [3.8, 4) is 5.75 Å². The summed E-state index contributed by atoms with van der Waals surface area (Å²) in [5.74, 6) is 0.945. The molecule has 0 aliphatic carbocycles. The molecule has 0 saturated carbocycles. The number of hydrogen-bond donors (Lipinski definition) is 0. The maximum Gasteiger partial charge on any atom is 0.272 e. The van der Waals surface area contributed by atoms with Crippen molar-refractivity contribution >= 4 is 11.6 Å². The molecule has 0 saturated heterocycles. The fourth-order valence-corrected chi connectivity index (χ4v) is 1.65. The summed E-state index contributed by atoms with van der Waals surface area (Å²) in [6, 6.07) is 3.70. The molecule has 0 fully saturated rings. The van der Waals surface area contributed by atoms with Crippen LogP contribution >= 0.6 is 11.6 Å². The summed E-state index contributed by atoms with van der Waals surface area (Å²) in [7, 11) is 0. The van der Waals surface area contributed by atoms with Crippen molar-refractivity contribution in [1.82, 2.24) is 0 Å². The molecule has 0 amide bonds. The first-order valence-electron chi connectivity index (χ1n) is 4.61. The van der Waals surface area contributed by atoms with E-state index in [0.717, 1.165) is 16.7 Å². The van der Waals surface area contributed by atoms with Crippen LogP contribution in [0.5, 0.6) is 5.75 Å². The number of hydrogen-bond acceptors (Lipinski definition) is 1. The van der Waals surface area contributed by atoms with Crippen LogP contribution in [0.1, 0.15) is 16.7 Å². The van der Waals surface area contributed by atoms with Gasteiger partial charge in [-0.3, -0.25) is 0 Å². The van der Waals surface area contributed by atoms with Crippen LogP contribution in [-0.2, 0) is 5.88 Å². The lowest BCUT2D eigenvalue weighted by atomic mass is 10.1. The van der Waals surface area contributed by atoms with Gasteiger partial charge in [-0.15, -0.1) is 11.6 Å². The maximum atomic E-state index is 12.0. The molecule has 0 bridgehead atoms. The second-order valence-electron chi connectivity index (χ2n) is 3.39. The van der Waals surface area contributed by atoms with Gasteiger partial charge in [-0.1, -0.05) is 12.1 Å². The van der Waals surface area contributed by atoms with Gasteiger partial charge >= 0.3 is 0 Å². The van der Waals surface area contributed by atoms with Crippen molar-refractivity contribution in [1.29, 1.82) is 0 Å². The van der Waals surface area contributed by atoms with Gasteiger partial charge in [0.15, 0.2) is 0 Å². The van der Waals surface area contributed by atoms with Crippen molar-refractivity contribution in [3.05, 3.63) is 28.8 Å². The third-order valence-electron chi connectivity index (χ3n) is 2.03. The van der Waals surface area contributed by atoms with E-state index in [0.29, 0.717) is 11.6 Å². The molecule has 4 heteroatoms. The number of aryl methyl sites for hydroxylation is 2. The second-order valence-corrected chi connectivity index (χ2v) is 3.66. The molecule has 84 valence electrons. The predicted octanol–water partition coefficient (Wildman–Crippen LogP) is 3.69. The molecule has 0 N–H and O–H groups in total. The Morgan fingerprint density at radius 1 is 1.27 bits per heavy atom. The number of ether oxygens (including phenoxy) is 1. The van der Waals surface area contributed by atoms with E-state index in [4.69, 9.17) is 16.3 Å². The topological polar surface area (TPSA) is 9.23 Å². The third-order valence-corrected chi connectivity index (χ3v) is 2.34. The fourth-order valence-electron chi connectivity index (χ4n) is 1.49. The normalized spacial score (nSPS) is 10.8. The van der Waals surface area contributed by atoms with Crippen LogP contribution in [0.3, 0.4) is 0 Å². The van der Waals surface area contributed by atoms with E-state index < -0.39 is 13.0 Å². The van der Waals surface area contributed by atoms with E-state index in [1.165, 1.54) is 0 Å². The summed E-state index contributed by atoms with van der Waals surface area (Å²) < 4.78 is 29.0. The van der Waals surface area contributed by atoms with Crippen LogP contribution in [0.25, 0.3) is 0 Å². The largest absolute Gasteiger partial charge is 0.487 e. The predicted molar refractivity (Wildman–Crippen MR) is 57.0 cm³/mol. The number of alkyl halides is 3. The van der Waals surface area contributed by atoms with Crippen LogP contribution in [-0.4, -0.2) is 13.0 Å². The first-order valence-corrected chi connectivity index (χ1v) is 5.15. The average Bonchev–Trinajstić information content (AvgIpc) is 2.15. The van der Waals surface area contributed by atoms with Gasteiger partial charge in [0, 0.05) is 5.88 Å². The Kier molecular flexibility index (Phi) is 4.33. The van der Waals surface area contributed by atoms with Crippen molar-refractivity contribution in [3.63, 3.8) is 0 Å². The molecule has 0 heterocycles. The Hall–Kier alpha value is -0.830. The first-order chi connectivity index (χ1) is 7.04. The standard InChI is InChI=1S/C11H13ClF2O/c1-7-3-9(5-12)4-8(2)11(7)15-6-10(13)14/h3-4,10H,5-6H2,1-2H3. The van der Waals surface area contributed by atoms with Gasteiger partial charge in [-0.2, -0.15) is 0 Å². The summed E-state index contributed by atoms with van der Waals surface area (Å²) in [6.07, 6.45) is -2.45. The van der Waals surface area contributed by atoms with Crippen LogP contribution < -0.4 is 4.74 Å². The number of halogens is 3. The monoisotopic (exact) mass is 234 g/mol. The minimum atomic E-state index is -2.45. The highest BCUT2D eigenvalue weighted by atomic mass is 35.5. The van der Waals surface area contributed by atoms with Crippen LogP contribution in [0.15, 0.2) is 12.1 Å². The molecule has 0 spiro atoms. The summed E-state index contributed by atoms with van der Waals surface area (Å²) >= 11 is 5.69. The van der Waals surface area contributed by atoms with Crippen molar-refractivity contribution in [2.75, 3.05) is 6.61 Å². The molecule has 1 rings (SSSR count). The number of benzene rings is 1. The van der Waals surface area contributed by atoms with E-state index in [1.54, 1.807) is 0 Å². The first kappa shape index (κ1) is 12.2. The van der Waals surface area contributed by atoms with Gasteiger partial charge in [0.1, 0.15) is 12.4 Å². The van der Waals surface area contributed by atoms with Gasteiger partial charge in [0.25, 0.3) is 6.43 Å². The van der Waals surface area contributed by atoms with Crippen molar-refractivity contribution in [2.45, 2.75) is 26.2 Å². The molecule has 0 atom stereocenters. The van der Waals surface area contributed by atoms with E-state index >= 15 is 0 Å². The minimum absolute atomic E-state index is 0.413. The van der Waals surface area contributed by atoms with Gasteiger partial charge in [-0.25, -0.2) is 8.78 Å². The molecule has 0 aromatic heterocycles. The zero-order chi connectivity index (χ0) is 11.4. The highest BCUT2D eigenvalue weighted by Gasteiger charge is 2.09. The van der Waals surface area contributed by atoms with Gasteiger partial charge < -0.3 is 4.74 Å². The SMILES string of the molecule is Cc1cc(CCl)cc(C)c1OCC(F)F. The summed E-state index contributed by atoms with van der Waals surface area (Å²) in [5.41, 5.74) is 2.65. The van der Waals surface area contributed by atoms with E-state index in [1.807, 2.05) is 26.0 Å². The molecule has 0 radical (unpaired) electrons. The van der Waals surface area contributed by atoms with Gasteiger partial charge in [0.2, 0.25) is 0 Å². The lowest BCUT2D eigenvalue weighted by molar-refractivity contribution is 0.0812. The Labute approximate surface area is 93.0 Å². The molecular weight excluding hydrogens is 222 g/mol. The van der Waals surface area contributed by atoms with Crippen LogP contribution in [0.2, 0.25) is 0 Å². The molecule has 15 heavy (non-hydrogen) atoms. The molecule has 1 aromatic rings. The summed E-state index contributed by atoms with van der Waals surface area (Å²) in [6.45, 7) is 3.08. The highest BCUT2D eigenvalue weighted by molar-refractivity contribution is 6.17.